The molecule has 0 saturated heterocycles. The second-order valence-electron chi connectivity index (χ2n) is 8.96. The molecule has 2 aromatic carbocycles. The molecule has 170 valence electrons. The van der Waals surface area contributed by atoms with Crippen molar-refractivity contribution in [2.24, 2.45) is 7.05 Å². The first-order valence-electron chi connectivity index (χ1n) is 10.4. The number of fused-ring (bicyclic) bond motifs is 3. The number of alkyl halides is 4. The normalized spacial score (nSPS) is 14.9. The molecular formula is C24H25F4N3O. The fourth-order valence-corrected chi connectivity index (χ4v) is 4.15. The Morgan fingerprint density at radius 3 is 2.41 bits per heavy atom. The largest absolute Gasteiger partial charge is 0.456 e. The number of hydrogen-bond donors (Lipinski definition) is 1. The molecule has 0 bridgehead atoms. The fourth-order valence-electron chi connectivity index (χ4n) is 4.15. The van der Waals surface area contributed by atoms with Crippen LogP contribution in [-0.4, -0.2) is 27.4 Å². The molecule has 32 heavy (non-hydrogen) atoms. The van der Waals surface area contributed by atoms with E-state index in [4.69, 9.17) is 4.42 Å². The first-order chi connectivity index (χ1) is 14.9. The number of furan rings is 1. The lowest BCUT2D eigenvalue weighted by molar-refractivity contribution is -0.160. The van der Waals surface area contributed by atoms with Crippen LogP contribution in [0.2, 0.25) is 0 Å². The summed E-state index contributed by atoms with van der Waals surface area (Å²) in [6.45, 7) is 4.26. The van der Waals surface area contributed by atoms with Gasteiger partial charge < -0.3 is 8.98 Å². The van der Waals surface area contributed by atoms with Gasteiger partial charge in [0.2, 0.25) is 0 Å². The minimum atomic E-state index is -4.54. The van der Waals surface area contributed by atoms with Crippen LogP contribution >= 0.6 is 0 Å². The maximum atomic E-state index is 13.9. The number of aromatic nitrogens is 2. The van der Waals surface area contributed by atoms with Crippen molar-refractivity contribution < 1.29 is 22.0 Å². The van der Waals surface area contributed by atoms with Gasteiger partial charge in [0.25, 0.3) is 0 Å². The fraction of sp³-hybridized carbons (Fsp3) is 0.375. The summed E-state index contributed by atoms with van der Waals surface area (Å²) < 4.78 is 63.2. The summed E-state index contributed by atoms with van der Waals surface area (Å²) in [6.07, 6.45) is -0.987. The van der Waals surface area contributed by atoms with Crippen LogP contribution in [0.5, 0.6) is 0 Å². The number of imidazole rings is 1. The van der Waals surface area contributed by atoms with Gasteiger partial charge in [-0.2, -0.15) is 13.2 Å². The smallest absolute Gasteiger partial charge is 0.407 e. The molecule has 0 aliphatic heterocycles. The summed E-state index contributed by atoms with van der Waals surface area (Å²) in [5, 5.41) is 4.07. The molecule has 2 atom stereocenters. The molecule has 4 aromatic rings. The standard InChI is InChI=1S/C24H25F4N3O/c1-14(11-23(2,3)25)30-22(24(26,27)28)16-5-7-17-18-9-15(19-12-31(4)13-29-19)6-8-20(18)32-21(17)10-16/h5-10,12-14,22,30H,11H2,1-4H3. The van der Waals surface area contributed by atoms with Crippen LogP contribution in [0.15, 0.2) is 53.3 Å². The average Bonchev–Trinajstić information content (AvgIpc) is 3.26. The van der Waals surface area contributed by atoms with Gasteiger partial charge in [-0.1, -0.05) is 12.1 Å². The van der Waals surface area contributed by atoms with Gasteiger partial charge in [-0.25, -0.2) is 9.37 Å². The van der Waals surface area contributed by atoms with Gasteiger partial charge in [0.1, 0.15) is 22.9 Å². The third-order valence-electron chi connectivity index (χ3n) is 5.40. The van der Waals surface area contributed by atoms with Crippen LogP contribution in [0.1, 0.15) is 38.8 Å². The van der Waals surface area contributed by atoms with Crippen LogP contribution < -0.4 is 5.32 Å². The second kappa shape index (κ2) is 7.92. The lowest BCUT2D eigenvalue weighted by atomic mass is 9.98. The van der Waals surface area contributed by atoms with Crippen LogP contribution in [0, 0.1) is 0 Å². The predicted octanol–water partition coefficient (Wildman–Crippen LogP) is 6.71. The Kier molecular flexibility index (Phi) is 5.53. The summed E-state index contributed by atoms with van der Waals surface area (Å²) in [6, 6.07) is 7.49. The number of aryl methyl sites for hydroxylation is 1. The lowest BCUT2D eigenvalue weighted by Crippen LogP contribution is -2.41. The van der Waals surface area contributed by atoms with Gasteiger partial charge in [-0.05, 0) is 57.0 Å². The molecule has 0 amide bonds. The third-order valence-corrected chi connectivity index (χ3v) is 5.40. The molecule has 1 N–H and O–H groups in total. The van der Waals surface area contributed by atoms with Gasteiger partial charge in [-0.15, -0.1) is 0 Å². The average molecular weight is 447 g/mol. The van der Waals surface area contributed by atoms with E-state index in [2.05, 4.69) is 10.3 Å². The number of hydrogen-bond acceptors (Lipinski definition) is 3. The van der Waals surface area contributed by atoms with Crippen molar-refractivity contribution >= 4 is 21.9 Å². The Balaban J connectivity index is 1.71. The summed E-state index contributed by atoms with van der Waals surface area (Å²) in [7, 11) is 1.88. The number of benzene rings is 2. The molecule has 2 unspecified atom stereocenters. The first kappa shape index (κ1) is 22.3. The molecule has 0 spiro atoms. The van der Waals surface area contributed by atoms with Crippen LogP contribution in [0.25, 0.3) is 33.2 Å². The Morgan fingerprint density at radius 2 is 1.78 bits per heavy atom. The maximum Gasteiger partial charge on any atom is 0.407 e. The number of rotatable bonds is 6. The van der Waals surface area contributed by atoms with Crippen LogP contribution in [-0.2, 0) is 7.05 Å². The minimum Gasteiger partial charge on any atom is -0.456 e. The lowest BCUT2D eigenvalue weighted by Gasteiger charge is -2.28. The zero-order chi connectivity index (χ0) is 23.3. The Labute approximate surface area is 183 Å². The highest BCUT2D eigenvalue weighted by atomic mass is 19.4. The second-order valence-corrected chi connectivity index (χ2v) is 8.96. The van der Waals surface area contributed by atoms with Crippen molar-refractivity contribution in [3.63, 3.8) is 0 Å². The van der Waals surface area contributed by atoms with Crippen molar-refractivity contribution in [3.05, 3.63) is 54.5 Å². The highest BCUT2D eigenvalue weighted by Gasteiger charge is 2.42. The summed E-state index contributed by atoms with van der Waals surface area (Å²) in [5.74, 6) is 0. The summed E-state index contributed by atoms with van der Waals surface area (Å²) in [4.78, 5) is 4.35. The van der Waals surface area contributed by atoms with E-state index in [9.17, 15) is 17.6 Å². The van der Waals surface area contributed by atoms with E-state index in [1.165, 1.54) is 26.0 Å². The molecule has 2 aromatic heterocycles. The molecule has 4 nitrogen and oxygen atoms in total. The van der Waals surface area contributed by atoms with E-state index < -0.39 is 23.9 Å². The molecule has 0 fully saturated rings. The highest BCUT2D eigenvalue weighted by Crippen LogP contribution is 2.38. The molecule has 0 radical (unpaired) electrons. The van der Waals surface area contributed by atoms with Crippen molar-refractivity contribution in [2.45, 2.75) is 51.1 Å². The third kappa shape index (κ3) is 4.65. The Morgan fingerprint density at radius 1 is 1.03 bits per heavy atom. The van der Waals surface area contributed by atoms with Crippen molar-refractivity contribution in [3.8, 4) is 11.3 Å². The SMILES string of the molecule is CC(CC(C)(C)F)NC(c1ccc2c(c1)oc1ccc(-c3cn(C)cn3)cc12)C(F)(F)F. The van der Waals surface area contributed by atoms with Gasteiger partial charge in [0.15, 0.2) is 0 Å². The van der Waals surface area contributed by atoms with Crippen LogP contribution in [0.3, 0.4) is 0 Å². The van der Waals surface area contributed by atoms with Gasteiger partial charge in [0.05, 0.1) is 12.0 Å². The van der Waals surface area contributed by atoms with Crippen molar-refractivity contribution in [2.75, 3.05) is 0 Å². The monoisotopic (exact) mass is 447 g/mol. The maximum absolute atomic E-state index is 13.9. The molecule has 0 aliphatic rings. The van der Waals surface area contributed by atoms with Crippen molar-refractivity contribution in [1.82, 2.24) is 14.9 Å². The molecule has 0 aliphatic carbocycles. The van der Waals surface area contributed by atoms with E-state index in [-0.39, 0.29) is 12.0 Å². The van der Waals surface area contributed by atoms with E-state index >= 15 is 0 Å². The number of nitrogens with zero attached hydrogens (tertiary/aromatic N) is 2. The van der Waals surface area contributed by atoms with Gasteiger partial charge >= 0.3 is 6.18 Å². The molecule has 2 heterocycles. The zero-order valence-electron chi connectivity index (χ0n) is 18.3. The van der Waals surface area contributed by atoms with Gasteiger partial charge in [0, 0.05) is 35.6 Å². The van der Waals surface area contributed by atoms with Crippen molar-refractivity contribution in [1.29, 1.82) is 0 Å². The summed E-state index contributed by atoms with van der Waals surface area (Å²) in [5.41, 5.74) is 1.09. The molecular weight excluding hydrogens is 422 g/mol. The van der Waals surface area contributed by atoms with Gasteiger partial charge in [-0.3, -0.25) is 5.32 Å². The minimum absolute atomic E-state index is 0.0255. The van der Waals surface area contributed by atoms with E-state index in [0.717, 1.165) is 22.0 Å². The first-order valence-corrected chi connectivity index (χ1v) is 10.4. The quantitative estimate of drug-likeness (QED) is 0.334. The molecule has 8 heteroatoms. The molecule has 4 rings (SSSR count). The zero-order valence-corrected chi connectivity index (χ0v) is 18.3. The number of halogens is 4. The summed E-state index contributed by atoms with van der Waals surface area (Å²) >= 11 is 0. The molecule has 0 saturated carbocycles. The van der Waals surface area contributed by atoms with E-state index in [0.29, 0.717) is 11.2 Å². The highest BCUT2D eigenvalue weighted by molar-refractivity contribution is 6.06. The van der Waals surface area contributed by atoms with Crippen LogP contribution in [0.4, 0.5) is 17.6 Å². The number of nitrogens with one attached hydrogen (secondary N) is 1. The Hall–Kier alpha value is -2.87. The predicted molar refractivity (Wildman–Crippen MR) is 117 cm³/mol. The van der Waals surface area contributed by atoms with E-state index in [1.807, 2.05) is 29.9 Å². The van der Waals surface area contributed by atoms with E-state index in [1.54, 1.807) is 25.4 Å². The topological polar surface area (TPSA) is 43.0 Å². The Bertz CT molecular complexity index is 1250.